The minimum absolute atomic E-state index is 0.0232. The number of aliphatic hydroxyl groups is 1. The number of allylic oxidation sites excluding steroid dienone is 4. The van der Waals surface area contributed by atoms with Crippen molar-refractivity contribution in [2.24, 2.45) is 34.0 Å². The molecule has 2 saturated carbocycles. The van der Waals surface area contributed by atoms with Crippen molar-refractivity contribution in [2.75, 3.05) is 0 Å². The third-order valence-electron chi connectivity index (χ3n) is 8.67. The number of carbonyl (C=O) groups is 2. The van der Waals surface area contributed by atoms with Gasteiger partial charge in [0, 0.05) is 17.8 Å². The van der Waals surface area contributed by atoms with Crippen LogP contribution in [-0.2, 0) is 9.59 Å². The van der Waals surface area contributed by atoms with Gasteiger partial charge >= 0.3 is 0 Å². The van der Waals surface area contributed by atoms with E-state index in [-0.39, 0.29) is 33.7 Å². The molecule has 0 bridgehead atoms. The van der Waals surface area contributed by atoms with Gasteiger partial charge in [0.2, 0.25) is 0 Å². The monoisotopic (exact) mass is 342 g/mol. The Labute approximate surface area is 150 Å². The quantitative estimate of drug-likeness (QED) is 0.787. The van der Waals surface area contributed by atoms with Crippen LogP contribution in [0.1, 0.15) is 59.8 Å². The topological polar surface area (TPSA) is 54.4 Å². The van der Waals surface area contributed by atoms with Crippen LogP contribution in [-0.4, -0.2) is 22.8 Å². The molecule has 0 aliphatic heterocycles. The third-order valence-corrected chi connectivity index (χ3v) is 8.67. The lowest BCUT2D eigenvalue weighted by Gasteiger charge is -2.62. The van der Waals surface area contributed by atoms with Crippen molar-refractivity contribution in [3.05, 3.63) is 23.8 Å². The summed E-state index contributed by atoms with van der Waals surface area (Å²) in [6, 6.07) is 0. The van der Waals surface area contributed by atoms with Crippen molar-refractivity contribution < 1.29 is 14.7 Å². The Hall–Kier alpha value is -1.22. The van der Waals surface area contributed by atoms with Crippen molar-refractivity contribution in [3.63, 3.8) is 0 Å². The van der Waals surface area contributed by atoms with Gasteiger partial charge in [-0.05, 0) is 66.9 Å². The molecule has 4 aliphatic rings. The molecule has 0 aromatic heterocycles. The Morgan fingerprint density at radius 3 is 2.60 bits per heavy atom. The summed E-state index contributed by atoms with van der Waals surface area (Å²) < 4.78 is 0. The molecule has 4 rings (SSSR count). The minimum atomic E-state index is -0.450. The van der Waals surface area contributed by atoms with Crippen molar-refractivity contribution in [3.8, 4) is 0 Å². The predicted molar refractivity (Wildman–Crippen MR) is 96.8 cm³/mol. The van der Waals surface area contributed by atoms with Gasteiger partial charge in [-0.1, -0.05) is 32.9 Å². The highest BCUT2D eigenvalue weighted by atomic mass is 16.3. The van der Waals surface area contributed by atoms with Crippen LogP contribution >= 0.6 is 0 Å². The summed E-state index contributed by atoms with van der Waals surface area (Å²) in [5, 5.41) is 11.2. The van der Waals surface area contributed by atoms with E-state index in [1.54, 1.807) is 6.92 Å². The number of ketones is 2. The second-order valence-electron chi connectivity index (χ2n) is 9.65. The molecule has 0 heterocycles. The van der Waals surface area contributed by atoms with Crippen LogP contribution < -0.4 is 0 Å². The van der Waals surface area contributed by atoms with Crippen molar-refractivity contribution >= 4 is 11.6 Å². The summed E-state index contributed by atoms with van der Waals surface area (Å²) in [4.78, 5) is 24.2. The van der Waals surface area contributed by atoms with E-state index < -0.39 is 6.10 Å². The molecule has 2 fully saturated rings. The van der Waals surface area contributed by atoms with Gasteiger partial charge in [0.15, 0.2) is 5.78 Å². The van der Waals surface area contributed by atoms with E-state index in [1.165, 1.54) is 0 Å². The third kappa shape index (κ3) is 2.02. The van der Waals surface area contributed by atoms with E-state index in [0.29, 0.717) is 18.3 Å². The maximum absolute atomic E-state index is 12.3. The van der Waals surface area contributed by atoms with Gasteiger partial charge < -0.3 is 5.11 Å². The van der Waals surface area contributed by atoms with Crippen molar-refractivity contribution in [1.29, 1.82) is 0 Å². The van der Waals surface area contributed by atoms with Gasteiger partial charge in [-0.15, -0.1) is 0 Å². The molecule has 0 aromatic carbocycles. The molecule has 0 spiro atoms. The molecular formula is C22H30O3. The van der Waals surface area contributed by atoms with Crippen LogP contribution in [0.25, 0.3) is 0 Å². The van der Waals surface area contributed by atoms with Crippen LogP contribution in [0.5, 0.6) is 0 Å². The van der Waals surface area contributed by atoms with Gasteiger partial charge in [-0.3, -0.25) is 9.59 Å². The van der Waals surface area contributed by atoms with Crippen LogP contribution in [0.15, 0.2) is 23.8 Å². The highest BCUT2D eigenvalue weighted by Gasteiger charge is 2.66. The number of fused-ring (bicyclic) bond motifs is 5. The van der Waals surface area contributed by atoms with Gasteiger partial charge in [-0.2, -0.15) is 0 Å². The summed E-state index contributed by atoms with van der Waals surface area (Å²) in [5.41, 5.74) is 0.741. The normalized spacial score (nSPS) is 51.4. The Balaban J connectivity index is 1.84. The van der Waals surface area contributed by atoms with E-state index in [9.17, 15) is 14.7 Å². The molecule has 1 N–H and O–H groups in total. The molecule has 1 unspecified atom stereocenters. The molecular weight excluding hydrogens is 312 g/mol. The van der Waals surface area contributed by atoms with Gasteiger partial charge in [-0.25, -0.2) is 0 Å². The molecule has 0 amide bonds. The number of carbonyl (C=O) groups excluding carboxylic acids is 2. The second-order valence-corrected chi connectivity index (χ2v) is 9.65. The first-order valence-electron chi connectivity index (χ1n) is 9.77. The maximum atomic E-state index is 12.3. The average Bonchev–Trinajstić information content (AvgIpc) is 2.91. The molecule has 0 radical (unpaired) electrons. The Bertz CT molecular complexity index is 704. The highest BCUT2D eigenvalue weighted by Crippen LogP contribution is 2.69. The molecule has 3 nitrogen and oxygen atoms in total. The zero-order valence-electron chi connectivity index (χ0n) is 15.8. The number of hydrogen-bond acceptors (Lipinski definition) is 3. The number of aliphatic hydroxyl groups excluding tert-OH is 1. The lowest BCUT2D eigenvalue weighted by Crippen LogP contribution is -2.60. The molecule has 136 valence electrons. The van der Waals surface area contributed by atoms with E-state index in [0.717, 1.165) is 31.3 Å². The fourth-order valence-electron chi connectivity index (χ4n) is 7.26. The summed E-state index contributed by atoms with van der Waals surface area (Å²) in [5.74, 6) is 1.05. The van der Waals surface area contributed by atoms with E-state index in [2.05, 4.69) is 32.9 Å². The Morgan fingerprint density at radius 2 is 1.92 bits per heavy atom. The van der Waals surface area contributed by atoms with Crippen LogP contribution in [0, 0.1) is 34.0 Å². The molecule has 7 atom stereocenters. The lowest BCUT2D eigenvalue weighted by atomic mass is 9.42. The van der Waals surface area contributed by atoms with Gasteiger partial charge in [0.05, 0.1) is 6.10 Å². The first kappa shape index (κ1) is 17.2. The fourth-order valence-corrected chi connectivity index (χ4v) is 7.26. The zero-order valence-corrected chi connectivity index (χ0v) is 15.8. The first-order chi connectivity index (χ1) is 11.6. The fraction of sp³-hybridized carbons (Fsp3) is 0.727. The highest BCUT2D eigenvalue weighted by molar-refractivity contribution is 5.92. The SMILES string of the molecule is CC(=O)C1CC[C@H]2[C@]3(C)C=CC4=CC(=O)CC[C@]4(C)[C@H]3C[C@@H](O)[C@]12C. The molecule has 0 aromatic rings. The van der Waals surface area contributed by atoms with Crippen molar-refractivity contribution in [2.45, 2.75) is 65.9 Å². The van der Waals surface area contributed by atoms with Gasteiger partial charge in [0.25, 0.3) is 0 Å². The lowest BCUT2D eigenvalue weighted by molar-refractivity contribution is -0.157. The standard InChI is InChI=1S/C22H30O3/c1-13(23)16-5-6-17-21(3)9-7-14-11-15(24)8-10-20(14,2)18(21)12-19(25)22(16,17)4/h7,9,11,16-19,25H,5-6,8,10,12H2,1-4H3/t16?,17-,18+,19+,20-,21-,22+/m0/s1. The Morgan fingerprint density at radius 1 is 1.20 bits per heavy atom. The number of Topliss-reactive ketones (excluding diaryl/α,β-unsaturated/α-hetero) is 1. The molecule has 4 aliphatic carbocycles. The van der Waals surface area contributed by atoms with Crippen molar-refractivity contribution in [1.82, 2.24) is 0 Å². The van der Waals surface area contributed by atoms with Crippen LogP contribution in [0.2, 0.25) is 0 Å². The molecule has 0 saturated heterocycles. The average molecular weight is 342 g/mol. The minimum Gasteiger partial charge on any atom is -0.393 e. The first-order valence-corrected chi connectivity index (χ1v) is 9.77. The van der Waals surface area contributed by atoms with E-state index in [4.69, 9.17) is 0 Å². The Kier molecular flexibility index (Phi) is 3.55. The summed E-state index contributed by atoms with van der Waals surface area (Å²) in [6.45, 7) is 8.45. The molecule has 3 heteroatoms. The zero-order chi connectivity index (χ0) is 18.2. The van der Waals surface area contributed by atoms with E-state index >= 15 is 0 Å². The maximum Gasteiger partial charge on any atom is 0.156 e. The number of hydrogen-bond donors (Lipinski definition) is 1. The molecule has 25 heavy (non-hydrogen) atoms. The predicted octanol–water partition coefficient (Wildman–Crippen LogP) is 3.86. The summed E-state index contributed by atoms with van der Waals surface area (Å²) in [7, 11) is 0. The van der Waals surface area contributed by atoms with Crippen LogP contribution in [0.3, 0.4) is 0 Å². The smallest absolute Gasteiger partial charge is 0.156 e. The summed E-state index contributed by atoms with van der Waals surface area (Å²) in [6.07, 6.45) is 9.95. The van der Waals surface area contributed by atoms with Crippen LogP contribution in [0.4, 0.5) is 0 Å². The largest absolute Gasteiger partial charge is 0.393 e. The van der Waals surface area contributed by atoms with E-state index in [1.807, 2.05) is 6.08 Å². The van der Waals surface area contributed by atoms with Gasteiger partial charge in [0.1, 0.15) is 5.78 Å². The summed E-state index contributed by atoms with van der Waals surface area (Å²) >= 11 is 0. The number of rotatable bonds is 1. The second kappa shape index (κ2) is 5.16.